The Balaban J connectivity index is 2.31. The first kappa shape index (κ1) is 10.8. The van der Waals surface area contributed by atoms with E-state index in [1.54, 1.807) is 6.20 Å². The van der Waals surface area contributed by atoms with Crippen molar-refractivity contribution in [2.45, 2.75) is 0 Å². The van der Waals surface area contributed by atoms with Crippen molar-refractivity contribution in [1.29, 1.82) is 5.26 Å². The van der Waals surface area contributed by atoms with E-state index < -0.39 is 0 Å². The van der Waals surface area contributed by atoms with Gasteiger partial charge in [-0.3, -0.25) is 0 Å². The van der Waals surface area contributed by atoms with E-state index in [-0.39, 0.29) is 0 Å². The molecular formula is C11H7IN4. The van der Waals surface area contributed by atoms with Gasteiger partial charge in [-0.15, -0.1) is 0 Å². The SMILES string of the molecule is N#Cc1nccnc1Nc1cccc(I)c1. The van der Waals surface area contributed by atoms with Crippen LogP contribution >= 0.6 is 22.6 Å². The summed E-state index contributed by atoms with van der Waals surface area (Å²) in [5.41, 5.74) is 1.19. The molecule has 0 aliphatic carbocycles. The Morgan fingerprint density at radius 2 is 2.06 bits per heavy atom. The van der Waals surface area contributed by atoms with Crippen LogP contribution in [0.25, 0.3) is 0 Å². The first-order chi connectivity index (χ1) is 7.79. The molecule has 16 heavy (non-hydrogen) atoms. The van der Waals surface area contributed by atoms with Crippen LogP contribution in [0.5, 0.6) is 0 Å². The lowest BCUT2D eigenvalue weighted by atomic mass is 10.3. The molecule has 0 radical (unpaired) electrons. The molecule has 2 aromatic rings. The number of nitrogens with one attached hydrogen (secondary N) is 1. The second kappa shape index (κ2) is 4.90. The van der Waals surface area contributed by atoms with Gasteiger partial charge in [0.05, 0.1) is 0 Å². The van der Waals surface area contributed by atoms with Crippen molar-refractivity contribution in [3.63, 3.8) is 0 Å². The fraction of sp³-hybridized carbons (Fsp3) is 0. The molecule has 0 amide bonds. The summed E-state index contributed by atoms with van der Waals surface area (Å²) in [7, 11) is 0. The van der Waals surface area contributed by atoms with Crippen LogP contribution in [-0.2, 0) is 0 Å². The molecule has 4 nitrogen and oxygen atoms in total. The molecule has 78 valence electrons. The summed E-state index contributed by atoms with van der Waals surface area (Å²) >= 11 is 2.23. The van der Waals surface area contributed by atoms with Crippen LogP contribution in [0.1, 0.15) is 5.69 Å². The summed E-state index contributed by atoms with van der Waals surface area (Å²) in [6.07, 6.45) is 3.05. The van der Waals surface area contributed by atoms with E-state index in [9.17, 15) is 0 Å². The normalized spacial score (nSPS) is 9.50. The van der Waals surface area contributed by atoms with Crippen LogP contribution < -0.4 is 5.32 Å². The highest BCUT2D eigenvalue weighted by molar-refractivity contribution is 14.1. The van der Waals surface area contributed by atoms with Gasteiger partial charge in [0.1, 0.15) is 6.07 Å². The average Bonchev–Trinajstić information content (AvgIpc) is 2.30. The zero-order chi connectivity index (χ0) is 11.4. The number of aromatic nitrogens is 2. The molecule has 0 fully saturated rings. The second-order valence-electron chi connectivity index (χ2n) is 3.00. The summed E-state index contributed by atoms with van der Waals surface area (Å²) in [6.45, 7) is 0. The van der Waals surface area contributed by atoms with Crippen LogP contribution in [0, 0.1) is 14.9 Å². The van der Waals surface area contributed by atoms with Gasteiger partial charge in [0.15, 0.2) is 11.5 Å². The largest absolute Gasteiger partial charge is 0.338 e. The average molecular weight is 322 g/mol. The highest BCUT2D eigenvalue weighted by Gasteiger charge is 2.03. The quantitative estimate of drug-likeness (QED) is 0.864. The van der Waals surface area contributed by atoms with Crippen molar-refractivity contribution in [1.82, 2.24) is 9.97 Å². The van der Waals surface area contributed by atoms with Crippen molar-refractivity contribution in [3.05, 3.63) is 45.9 Å². The molecule has 0 unspecified atom stereocenters. The van der Waals surface area contributed by atoms with E-state index in [1.165, 1.54) is 6.20 Å². The van der Waals surface area contributed by atoms with E-state index in [2.05, 4.69) is 37.9 Å². The molecule has 1 aromatic heterocycles. The standard InChI is InChI=1S/C11H7IN4/c12-8-2-1-3-9(6-8)16-11-10(7-13)14-4-5-15-11/h1-6H,(H,15,16). The van der Waals surface area contributed by atoms with E-state index in [0.717, 1.165) is 9.26 Å². The van der Waals surface area contributed by atoms with E-state index in [0.29, 0.717) is 11.5 Å². The number of rotatable bonds is 2. The molecule has 0 saturated carbocycles. The fourth-order valence-corrected chi connectivity index (χ4v) is 1.76. The van der Waals surface area contributed by atoms with Crippen molar-refractivity contribution in [2.24, 2.45) is 0 Å². The molecular weight excluding hydrogens is 315 g/mol. The maximum absolute atomic E-state index is 8.86. The molecule has 0 atom stereocenters. The molecule has 1 heterocycles. The van der Waals surface area contributed by atoms with Crippen molar-refractivity contribution >= 4 is 34.1 Å². The molecule has 2 rings (SSSR count). The van der Waals surface area contributed by atoms with Crippen LogP contribution in [0.15, 0.2) is 36.7 Å². The van der Waals surface area contributed by atoms with Gasteiger partial charge in [0.2, 0.25) is 0 Å². The highest BCUT2D eigenvalue weighted by Crippen LogP contribution is 2.18. The van der Waals surface area contributed by atoms with Gasteiger partial charge in [-0.2, -0.15) is 5.26 Å². The molecule has 1 aromatic carbocycles. The smallest absolute Gasteiger partial charge is 0.183 e. The summed E-state index contributed by atoms with van der Waals surface area (Å²) in [5.74, 6) is 0.479. The Bertz CT molecular complexity index is 548. The Hall–Kier alpha value is -1.68. The molecule has 0 saturated heterocycles. The number of nitriles is 1. The molecule has 0 aliphatic heterocycles. The van der Waals surface area contributed by atoms with Gasteiger partial charge < -0.3 is 5.32 Å². The number of anilines is 2. The number of benzene rings is 1. The molecule has 0 spiro atoms. The summed E-state index contributed by atoms with van der Waals surface area (Å²) in [6, 6.07) is 9.81. The molecule has 0 aliphatic rings. The van der Waals surface area contributed by atoms with Crippen LogP contribution in [0.3, 0.4) is 0 Å². The van der Waals surface area contributed by atoms with Crippen LogP contribution in [0.2, 0.25) is 0 Å². The van der Waals surface area contributed by atoms with Gasteiger partial charge in [-0.1, -0.05) is 6.07 Å². The van der Waals surface area contributed by atoms with Gasteiger partial charge in [-0.25, -0.2) is 9.97 Å². The third kappa shape index (κ3) is 2.46. The van der Waals surface area contributed by atoms with Crippen LogP contribution in [-0.4, -0.2) is 9.97 Å². The third-order valence-electron chi connectivity index (χ3n) is 1.89. The van der Waals surface area contributed by atoms with E-state index in [1.807, 2.05) is 30.3 Å². The molecule has 0 bridgehead atoms. The van der Waals surface area contributed by atoms with E-state index >= 15 is 0 Å². The number of hydrogen-bond acceptors (Lipinski definition) is 4. The summed E-state index contributed by atoms with van der Waals surface area (Å²) in [5, 5.41) is 11.9. The van der Waals surface area contributed by atoms with Crippen molar-refractivity contribution in [2.75, 3.05) is 5.32 Å². The minimum Gasteiger partial charge on any atom is -0.338 e. The fourth-order valence-electron chi connectivity index (χ4n) is 1.21. The Kier molecular flexibility index (Phi) is 3.31. The highest BCUT2D eigenvalue weighted by atomic mass is 127. The Morgan fingerprint density at radius 3 is 2.81 bits per heavy atom. The minimum atomic E-state index is 0.293. The summed E-state index contributed by atoms with van der Waals surface area (Å²) < 4.78 is 1.12. The van der Waals surface area contributed by atoms with Gasteiger partial charge in [-0.05, 0) is 40.8 Å². The van der Waals surface area contributed by atoms with Crippen molar-refractivity contribution < 1.29 is 0 Å². The lowest BCUT2D eigenvalue weighted by Crippen LogP contribution is -1.98. The minimum absolute atomic E-state index is 0.293. The Labute approximate surface area is 106 Å². The zero-order valence-corrected chi connectivity index (χ0v) is 10.3. The maximum Gasteiger partial charge on any atom is 0.183 e. The monoisotopic (exact) mass is 322 g/mol. The number of hydrogen-bond donors (Lipinski definition) is 1. The topological polar surface area (TPSA) is 61.6 Å². The lowest BCUT2D eigenvalue weighted by Gasteiger charge is -2.06. The summed E-state index contributed by atoms with van der Waals surface area (Å²) in [4.78, 5) is 8.00. The van der Waals surface area contributed by atoms with Gasteiger partial charge >= 0.3 is 0 Å². The predicted octanol–water partition coefficient (Wildman–Crippen LogP) is 2.70. The van der Waals surface area contributed by atoms with Gasteiger partial charge in [0.25, 0.3) is 0 Å². The van der Waals surface area contributed by atoms with Gasteiger partial charge in [0, 0.05) is 21.7 Å². The Morgan fingerprint density at radius 1 is 1.25 bits per heavy atom. The van der Waals surface area contributed by atoms with Crippen LogP contribution in [0.4, 0.5) is 11.5 Å². The maximum atomic E-state index is 8.86. The number of nitrogens with zero attached hydrogens (tertiary/aromatic N) is 3. The van der Waals surface area contributed by atoms with E-state index in [4.69, 9.17) is 5.26 Å². The third-order valence-corrected chi connectivity index (χ3v) is 2.56. The first-order valence-corrected chi connectivity index (χ1v) is 5.61. The second-order valence-corrected chi connectivity index (χ2v) is 4.25. The molecule has 5 heteroatoms. The first-order valence-electron chi connectivity index (χ1n) is 4.53. The lowest BCUT2D eigenvalue weighted by molar-refractivity contribution is 1.16. The number of halogens is 1. The zero-order valence-electron chi connectivity index (χ0n) is 8.18. The van der Waals surface area contributed by atoms with Crippen molar-refractivity contribution in [3.8, 4) is 6.07 Å². The molecule has 1 N–H and O–H groups in total. The predicted molar refractivity (Wildman–Crippen MR) is 69.2 cm³/mol.